The second-order valence-corrected chi connectivity index (χ2v) is 4.53. The number of benzene rings is 1. The summed E-state index contributed by atoms with van der Waals surface area (Å²) in [5, 5.41) is 0. The van der Waals surface area contributed by atoms with E-state index < -0.39 is 0 Å². The van der Waals surface area contributed by atoms with Crippen molar-refractivity contribution in [2.45, 2.75) is 52.7 Å². The minimum Gasteiger partial charge on any atom is -0.490 e. The van der Waals surface area contributed by atoms with Gasteiger partial charge in [-0.3, -0.25) is 0 Å². The van der Waals surface area contributed by atoms with Gasteiger partial charge in [-0.15, -0.1) is 0 Å². The van der Waals surface area contributed by atoms with Gasteiger partial charge in [0.25, 0.3) is 0 Å². The van der Waals surface area contributed by atoms with E-state index in [0.717, 1.165) is 29.7 Å². The molecular formula is C14H23NO. The zero-order valence-electron chi connectivity index (χ0n) is 10.8. The summed E-state index contributed by atoms with van der Waals surface area (Å²) in [6.07, 6.45) is 2.52. The van der Waals surface area contributed by atoms with Crippen LogP contribution in [0.3, 0.4) is 0 Å². The summed E-state index contributed by atoms with van der Waals surface area (Å²) >= 11 is 0. The van der Waals surface area contributed by atoms with Crippen LogP contribution in [0, 0.1) is 6.92 Å². The Hall–Kier alpha value is -1.02. The van der Waals surface area contributed by atoms with Crippen LogP contribution < -0.4 is 10.5 Å². The molecule has 0 aliphatic rings. The van der Waals surface area contributed by atoms with Crippen molar-refractivity contribution in [1.82, 2.24) is 0 Å². The van der Waals surface area contributed by atoms with E-state index in [9.17, 15) is 0 Å². The van der Waals surface area contributed by atoms with E-state index in [4.69, 9.17) is 10.5 Å². The third kappa shape index (κ3) is 3.53. The molecule has 0 radical (unpaired) electrons. The quantitative estimate of drug-likeness (QED) is 0.824. The van der Waals surface area contributed by atoms with Crippen molar-refractivity contribution in [2.75, 3.05) is 0 Å². The molecule has 0 heterocycles. The smallest absolute Gasteiger partial charge is 0.122 e. The lowest BCUT2D eigenvalue weighted by atomic mass is 10.1. The standard InChI is InChI=1S/C14H23NO/c1-5-6-11(3)16-14-8-7-13(12(4)15)9-10(14)2/h7-9,11-12H,5-6,15H2,1-4H3/t11?,12-/m1/s1. The highest BCUT2D eigenvalue weighted by atomic mass is 16.5. The van der Waals surface area contributed by atoms with Gasteiger partial charge in [0.05, 0.1) is 6.10 Å². The summed E-state index contributed by atoms with van der Waals surface area (Å²) in [4.78, 5) is 0. The minimum absolute atomic E-state index is 0.0841. The summed E-state index contributed by atoms with van der Waals surface area (Å²) in [5.74, 6) is 0.977. The summed E-state index contributed by atoms with van der Waals surface area (Å²) in [6.45, 7) is 8.35. The molecule has 0 aliphatic carbocycles. The van der Waals surface area contributed by atoms with Crippen LogP contribution in [0.4, 0.5) is 0 Å². The fourth-order valence-corrected chi connectivity index (χ4v) is 1.77. The van der Waals surface area contributed by atoms with Gasteiger partial charge in [-0.2, -0.15) is 0 Å². The van der Waals surface area contributed by atoms with Crippen molar-refractivity contribution in [2.24, 2.45) is 5.73 Å². The van der Waals surface area contributed by atoms with Gasteiger partial charge >= 0.3 is 0 Å². The molecule has 0 saturated heterocycles. The van der Waals surface area contributed by atoms with Crippen LogP contribution in [0.15, 0.2) is 18.2 Å². The molecule has 1 rings (SSSR count). The highest BCUT2D eigenvalue weighted by Crippen LogP contribution is 2.23. The van der Waals surface area contributed by atoms with Crippen LogP contribution in [0.25, 0.3) is 0 Å². The third-order valence-electron chi connectivity index (χ3n) is 2.75. The van der Waals surface area contributed by atoms with Gasteiger partial charge in [0.2, 0.25) is 0 Å². The van der Waals surface area contributed by atoms with Crippen LogP contribution in [0.5, 0.6) is 5.75 Å². The Morgan fingerprint density at radius 2 is 2.00 bits per heavy atom. The molecule has 0 amide bonds. The predicted molar refractivity (Wildman–Crippen MR) is 68.8 cm³/mol. The van der Waals surface area contributed by atoms with Crippen molar-refractivity contribution in [3.8, 4) is 5.75 Å². The monoisotopic (exact) mass is 221 g/mol. The first-order valence-electron chi connectivity index (χ1n) is 6.07. The van der Waals surface area contributed by atoms with E-state index in [1.54, 1.807) is 0 Å². The first-order chi connectivity index (χ1) is 7.54. The lowest BCUT2D eigenvalue weighted by Crippen LogP contribution is -2.12. The summed E-state index contributed by atoms with van der Waals surface area (Å²) in [5.41, 5.74) is 8.17. The molecule has 0 aliphatic heterocycles. The first kappa shape index (κ1) is 13.0. The molecule has 2 heteroatoms. The van der Waals surface area contributed by atoms with Gasteiger partial charge in [-0.1, -0.05) is 25.5 Å². The van der Waals surface area contributed by atoms with Crippen LogP contribution in [-0.4, -0.2) is 6.10 Å². The Morgan fingerprint density at radius 3 is 2.50 bits per heavy atom. The fraction of sp³-hybridized carbons (Fsp3) is 0.571. The average Bonchev–Trinajstić information content (AvgIpc) is 2.21. The molecule has 16 heavy (non-hydrogen) atoms. The van der Waals surface area contributed by atoms with E-state index in [2.05, 4.69) is 26.8 Å². The van der Waals surface area contributed by atoms with Gasteiger partial charge in [-0.05, 0) is 44.4 Å². The molecule has 0 bridgehead atoms. The molecule has 0 spiro atoms. The second kappa shape index (κ2) is 5.90. The normalized spacial score (nSPS) is 14.6. The van der Waals surface area contributed by atoms with Crippen molar-refractivity contribution in [3.05, 3.63) is 29.3 Å². The van der Waals surface area contributed by atoms with Crippen LogP contribution >= 0.6 is 0 Å². The maximum atomic E-state index is 5.88. The van der Waals surface area contributed by atoms with Crippen LogP contribution in [-0.2, 0) is 0 Å². The van der Waals surface area contributed by atoms with E-state index in [-0.39, 0.29) is 12.1 Å². The second-order valence-electron chi connectivity index (χ2n) is 4.53. The van der Waals surface area contributed by atoms with E-state index in [0.29, 0.717) is 0 Å². The molecule has 1 aromatic rings. The number of aryl methyl sites for hydroxylation is 1. The molecule has 0 fully saturated rings. The maximum Gasteiger partial charge on any atom is 0.122 e. The van der Waals surface area contributed by atoms with E-state index in [1.807, 2.05) is 19.1 Å². The Kier molecular flexibility index (Phi) is 4.81. The molecule has 0 aromatic heterocycles. The van der Waals surface area contributed by atoms with Gasteiger partial charge < -0.3 is 10.5 Å². The van der Waals surface area contributed by atoms with Crippen molar-refractivity contribution in [1.29, 1.82) is 0 Å². The zero-order chi connectivity index (χ0) is 12.1. The molecule has 2 nitrogen and oxygen atoms in total. The van der Waals surface area contributed by atoms with Crippen molar-refractivity contribution < 1.29 is 4.74 Å². The molecule has 1 unspecified atom stereocenters. The Morgan fingerprint density at radius 1 is 1.31 bits per heavy atom. The Labute approximate surface area is 98.8 Å². The minimum atomic E-state index is 0.0841. The topological polar surface area (TPSA) is 35.2 Å². The molecule has 0 saturated carbocycles. The highest BCUT2D eigenvalue weighted by molar-refractivity contribution is 5.37. The molecule has 90 valence electrons. The summed E-state index contributed by atoms with van der Waals surface area (Å²) in [6, 6.07) is 6.27. The Bertz CT molecular complexity index is 334. The maximum absolute atomic E-state index is 5.88. The molecule has 2 N–H and O–H groups in total. The zero-order valence-corrected chi connectivity index (χ0v) is 10.8. The number of hydrogen-bond acceptors (Lipinski definition) is 2. The number of nitrogens with two attached hydrogens (primary N) is 1. The number of rotatable bonds is 5. The molecule has 2 atom stereocenters. The first-order valence-corrected chi connectivity index (χ1v) is 6.07. The van der Waals surface area contributed by atoms with Crippen LogP contribution in [0.1, 0.15) is 50.8 Å². The van der Waals surface area contributed by atoms with Gasteiger partial charge in [-0.25, -0.2) is 0 Å². The largest absolute Gasteiger partial charge is 0.490 e. The average molecular weight is 221 g/mol. The van der Waals surface area contributed by atoms with Gasteiger partial charge in [0.15, 0.2) is 0 Å². The summed E-state index contributed by atoms with van der Waals surface area (Å²) in [7, 11) is 0. The molecule has 1 aromatic carbocycles. The van der Waals surface area contributed by atoms with Gasteiger partial charge in [0.1, 0.15) is 5.75 Å². The van der Waals surface area contributed by atoms with E-state index in [1.165, 1.54) is 0 Å². The fourth-order valence-electron chi connectivity index (χ4n) is 1.77. The highest BCUT2D eigenvalue weighted by Gasteiger charge is 2.07. The van der Waals surface area contributed by atoms with Crippen molar-refractivity contribution >= 4 is 0 Å². The van der Waals surface area contributed by atoms with Gasteiger partial charge in [0, 0.05) is 6.04 Å². The Balaban J connectivity index is 2.75. The van der Waals surface area contributed by atoms with E-state index >= 15 is 0 Å². The summed E-state index contributed by atoms with van der Waals surface area (Å²) < 4.78 is 5.88. The number of ether oxygens (including phenoxy) is 1. The SMILES string of the molecule is CCCC(C)Oc1ccc([C@@H](C)N)cc1C. The lowest BCUT2D eigenvalue weighted by molar-refractivity contribution is 0.208. The van der Waals surface area contributed by atoms with Crippen LogP contribution in [0.2, 0.25) is 0 Å². The lowest BCUT2D eigenvalue weighted by Gasteiger charge is -2.17. The third-order valence-corrected chi connectivity index (χ3v) is 2.75. The molecular weight excluding hydrogens is 198 g/mol. The predicted octanol–water partition coefficient (Wildman–Crippen LogP) is 3.58. The van der Waals surface area contributed by atoms with Crippen molar-refractivity contribution in [3.63, 3.8) is 0 Å². The number of hydrogen-bond donors (Lipinski definition) is 1.